The van der Waals surface area contributed by atoms with E-state index in [4.69, 9.17) is 0 Å². The van der Waals surface area contributed by atoms with Gasteiger partial charge in [0.15, 0.2) is 11.6 Å². The molecule has 0 N–H and O–H groups in total. The number of benzene rings is 2. The number of fused-ring (bicyclic) bond motifs is 2. The van der Waals surface area contributed by atoms with Crippen LogP contribution >= 0.6 is 0 Å². The molecule has 0 heterocycles. The maximum absolute atomic E-state index is 13.2. The van der Waals surface area contributed by atoms with Gasteiger partial charge >= 0.3 is 23.9 Å². The number of ketones is 2. The fourth-order valence-corrected chi connectivity index (χ4v) is 3.36. The largest absolute Gasteiger partial charge is 0.465 e. The molecule has 164 valence electrons. The van der Waals surface area contributed by atoms with Crippen LogP contribution in [0.25, 0.3) is 0 Å². The summed E-state index contributed by atoms with van der Waals surface area (Å²) in [7, 11) is 4.34. The Morgan fingerprint density at radius 3 is 0.812 bits per heavy atom. The smallest absolute Gasteiger partial charge is 0.338 e. The molecule has 0 saturated heterocycles. The summed E-state index contributed by atoms with van der Waals surface area (Å²) >= 11 is 0. The molecule has 10 heteroatoms. The van der Waals surface area contributed by atoms with Gasteiger partial charge in [-0.2, -0.15) is 0 Å². The van der Waals surface area contributed by atoms with Crippen molar-refractivity contribution in [2.45, 2.75) is 0 Å². The molecule has 0 unspecified atom stereocenters. The lowest BCUT2D eigenvalue weighted by molar-refractivity contribution is 0.0554. The lowest BCUT2D eigenvalue weighted by atomic mass is 9.80. The summed E-state index contributed by atoms with van der Waals surface area (Å²) in [5.74, 6) is -5.10. The molecule has 0 amide bonds. The van der Waals surface area contributed by atoms with Gasteiger partial charge in [-0.15, -0.1) is 0 Å². The van der Waals surface area contributed by atoms with Gasteiger partial charge in [0.05, 0.1) is 50.7 Å². The Balaban J connectivity index is 2.32. The van der Waals surface area contributed by atoms with E-state index in [1.165, 1.54) is 0 Å². The Labute approximate surface area is 181 Å². The third kappa shape index (κ3) is 3.41. The third-order valence-electron chi connectivity index (χ3n) is 4.92. The Hall–Kier alpha value is -4.34. The molecule has 0 saturated carbocycles. The first-order valence-corrected chi connectivity index (χ1v) is 8.98. The van der Waals surface area contributed by atoms with Gasteiger partial charge < -0.3 is 18.9 Å². The molecule has 1 aliphatic rings. The summed E-state index contributed by atoms with van der Waals surface area (Å²) in [6.45, 7) is 0. The quantitative estimate of drug-likeness (QED) is 0.434. The number of methoxy groups -OCH3 is 4. The first-order valence-electron chi connectivity index (χ1n) is 8.98. The zero-order chi connectivity index (χ0) is 23.7. The molecule has 0 fully saturated rings. The van der Waals surface area contributed by atoms with Crippen LogP contribution in [0.15, 0.2) is 24.3 Å². The summed E-state index contributed by atoms with van der Waals surface area (Å²) in [5.41, 5.74) is -1.84. The molecule has 10 nitrogen and oxygen atoms in total. The van der Waals surface area contributed by atoms with Crippen molar-refractivity contribution in [2.75, 3.05) is 28.4 Å². The Morgan fingerprint density at radius 2 is 0.656 bits per heavy atom. The van der Waals surface area contributed by atoms with Crippen molar-refractivity contribution in [1.29, 1.82) is 0 Å². The van der Waals surface area contributed by atoms with Crippen LogP contribution in [0, 0.1) is 0 Å². The maximum atomic E-state index is 13.2. The highest BCUT2D eigenvalue weighted by Gasteiger charge is 2.35. The van der Waals surface area contributed by atoms with Crippen LogP contribution in [-0.4, -0.2) is 63.9 Å². The van der Waals surface area contributed by atoms with Gasteiger partial charge in [-0.1, -0.05) is 0 Å². The van der Waals surface area contributed by atoms with Crippen molar-refractivity contribution in [3.63, 3.8) is 0 Å². The average Bonchev–Trinajstić information content (AvgIpc) is 2.83. The Kier molecular flexibility index (Phi) is 5.88. The molecule has 0 atom stereocenters. The maximum Gasteiger partial charge on any atom is 0.338 e. The van der Waals surface area contributed by atoms with E-state index >= 15 is 0 Å². The molecule has 2 aromatic rings. The van der Waals surface area contributed by atoms with Crippen LogP contribution in [0.2, 0.25) is 0 Å². The third-order valence-corrected chi connectivity index (χ3v) is 4.92. The fraction of sp³-hybridized carbons (Fsp3) is 0.182. The van der Waals surface area contributed by atoms with Crippen molar-refractivity contribution in [1.82, 2.24) is 0 Å². The van der Waals surface area contributed by atoms with Gasteiger partial charge in [0.2, 0.25) is 0 Å². The van der Waals surface area contributed by atoms with E-state index in [1.807, 2.05) is 0 Å². The van der Waals surface area contributed by atoms with Crippen molar-refractivity contribution >= 4 is 35.4 Å². The molecule has 0 aromatic heterocycles. The van der Waals surface area contributed by atoms with Gasteiger partial charge in [-0.3, -0.25) is 9.59 Å². The van der Waals surface area contributed by atoms with Crippen LogP contribution < -0.4 is 0 Å². The zero-order valence-electron chi connectivity index (χ0n) is 17.4. The van der Waals surface area contributed by atoms with Crippen molar-refractivity contribution in [3.05, 3.63) is 68.8 Å². The normalized spacial score (nSPS) is 11.8. The number of hydrogen-bond donors (Lipinski definition) is 0. The molecular formula is C22H16O10. The predicted octanol–water partition coefficient (Wildman–Crippen LogP) is 1.61. The van der Waals surface area contributed by atoms with Crippen molar-refractivity contribution in [3.8, 4) is 0 Å². The Bertz CT molecular complexity index is 1040. The minimum atomic E-state index is -0.921. The first-order chi connectivity index (χ1) is 15.2. The van der Waals surface area contributed by atoms with E-state index in [-0.39, 0.29) is 44.5 Å². The Morgan fingerprint density at radius 1 is 0.469 bits per heavy atom. The van der Waals surface area contributed by atoms with Crippen LogP contribution in [0.1, 0.15) is 73.3 Å². The van der Waals surface area contributed by atoms with E-state index in [2.05, 4.69) is 18.9 Å². The number of carbonyl (C=O) groups excluding carboxylic acids is 6. The number of rotatable bonds is 4. The van der Waals surface area contributed by atoms with Crippen LogP contribution in [-0.2, 0) is 18.9 Å². The summed E-state index contributed by atoms with van der Waals surface area (Å²) in [5, 5.41) is 0. The van der Waals surface area contributed by atoms with Gasteiger partial charge in [0.1, 0.15) is 0 Å². The average molecular weight is 440 g/mol. The van der Waals surface area contributed by atoms with Crippen molar-refractivity contribution < 1.29 is 47.7 Å². The standard InChI is InChI=1S/C22H16O10/c1-29-19(25)13-5-9-10(6-14(13)20(26)30-2)18(24)12-8-16(22(28)32-4)15(21(27)31-3)7-11(12)17(9)23/h5-8H,1-4H3. The highest BCUT2D eigenvalue weighted by molar-refractivity contribution is 6.30. The van der Waals surface area contributed by atoms with Gasteiger partial charge in [-0.25, -0.2) is 19.2 Å². The highest BCUT2D eigenvalue weighted by Crippen LogP contribution is 2.32. The topological polar surface area (TPSA) is 139 Å². The molecule has 0 aliphatic heterocycles. The van der Waals surface area contributed by atoms with Crippen LogP contribution in [0.5, 0.6) is 0 Å². The van der Waals surface area contributed by atoms with E-state index in [9.17, 15) is 28.8 Å². The first kappa shape index (κ1) is 22.3. The molecule has 0 radical (unpaired) electrons. The summed E-state index contributed by atoms with van der Waals surface area (Å²) in [6, 6.07) is 4.23. The summed E-state index contributed by atoms with van der Waals surface area (Å²) in [6.07, 6.45) is 0. The highest BCUT2D eigenvalue weighted by atomic mass is 16.5. The lowest BCUT2D eigenvalue weighted by Gasteiger charge is -2.21. The molecule has 32 heavy (non-hydrogen) atoms. The second-order valence-electron chi connectivity index (χ2n) is 6.51. The lowest BCUT2D eigenvalue weighted by Crippen LogP contribution is -2.26. The van der Waals surface area contributed by atoms with E-state index in [0.717, 1.165) is 52.7 Å². The van der Waals surface area contributed by atoms with Gasteiger partial charge in [0.25, 0.3) is 0 Å². The molecule has 2 aromatic carbocycles. The number of carbonyl (C=O) groups is 6. The summed E-state index contributed by atoms with van der Waals surface area (Å²) < 4.78 is 18.6. The van der Waals surface area contributed by atoms with E-state index in [1.54, 1.807) is 0 Å². The minimum Gasteiger partial charge on any atom is -0.465 e. The number of ether oxygens (including phenoxy) is 4. The molecular weight excluding hydrogens is 424 g/mol. The van der Waals surface area contributed by atoms with Crippen molar-refractivity contribution in [2.24, 2.45) is 0 Å². The zero-order valence-corrected chi connectivity index (χ0v) is 17.4. The number of hydrogen-bond acceptors (Lipinski definition) is 10. The second kappa shape index (κ2) is 8.42. The monoisotopic (exact) mass is 440 g/mol. The van der Waals surface area contributed by atoms with E-state index in [0.29, 0.717) is 0 Å². The summed E-state index contributed by atoms with van der Waals surface area (Å²) in [4.78, 5) is 75.1. The second-order valence-corrected chi connectivity index (χ2v) is 6.51. The molecule has 0 spiro atoms. The van der Waals surface area contributed by atoms with Gasteiger partial charge in [-0.05, 0) is 24.3 Å². The number of esters is 4. The molecule has 0 bridgehead atoms. The minimum absolute atomic E-state index is 0.183. The van der Waals surface area contributed by atoms with Crippen LogP contribution in [0.4, 0.5) is 0 Å². The predicted molar refractivity (Wildman–Crippen MR) is 105 cm³/mol. The van der Waals surface area contributed by atoms with Crippen LogP contribution in [0.3, 0.4) is 0 Å². The van der Waals surface area contributed by atoms with E-state index < -0.39 is 35.4 Å². The SMILES string of the molecule is COC(=O)c1cc2c(cc1C(=O)OC)C(=O)c1cc(C(=O)OC)c(C(=O)OC)cc1C2=O. The van der Waals surface area contributed by atoms with Gasteiger partial charge in [0, 0.05) is 22.3 Å². The fourth-order valence-electron chi connectivity index (χ4n) is 3.36. The molecule has 3 rings (SSSR count). The molecule has 1 aliphatic carbocycles.